The van der Waals surface area contributed by atoms with Crippen molar-refractivity contribution in [2.75, 3.05) is 18.0 Å². The van der Waals surface area contributed by atoms with Gasteiger partial charge in [0.1, 0.15) is 6.26 Å². The van der Waals surface area contributed by atoms with E-state index in [1.165, 1.54) is 5.56 Å². The number of aromatic nitrogens is 2. The Morgan fingerprint density at radius 1 is 1.25 bits per heavy atom. The van der Waals surface area contributed by atoms with Crippen LogP contribution in [0.2, 0.25) is 0 Å². The van der Waals surface area contributed by atoms with Crippen LogP contribution in [0.3, 0.4) is 0 Å². The Balaban J connectivity index is 1.97. The highest BCUT2D eigenvalue weighted by molar-refractivity contribution is 5.29. The van der Waals surface area contributed by atoms with Gasteiger partial charge in [0.05, 0.1) is 5.69 Å². The van der Waals surface area contributed by atoms with E-state index >= 15 is 0 Å². The highest BCUT2D eigenvalue weighted by Crippen LogP contribution is 2.16. The molecule has 0 aliphatic heterocycles. The lowest BCUT2D eigenvalue weighted by Gasteiger charge is -2.18. The molecule has 5 heteroatoms. The molecule has 2 aromatic rings. The molecular formula is C15H22N4O. The SMILES string of the molecule is CCCNCc1coc(N(CC)Cc2ccncc2)n1. The van der Waals surface area contributed by atoms with E-state index in [0.29, 0.717) is 6.01 Å². The van der Waals surface area contributed by atoms with E-state index in [4.69, 9.17) is 4.42 Å². The van der Waals surface area contributed by atoms with Crippen LogP contribution in [0, 0.1) is 0 Å². The van der Waals surface area contributed by atoms with Crippen molar-refractivity contribution in [1.82, 2.24) is 15.3 Å². The van der Waals surface area contributed by atoms with Crippen LogP contribution in [0.15, 0.2) is 35.2 Å². The van der Waals surface area contributed by atoms with Gasteiger partial charge in [-0.05, 0) is 37.6 Å². The molecule has 2 aromatic heterocycles. The third-order valence-corrected chi connectivity index (χ3v) is 3.05. The van der Waals surface area contributed by atoms with Crippen molar-refractivity contribution in [2.24, 2.45) is 0 Å². The van der Waals surface area contributed by atoms with Crippen molar-refractivity contribution >= 4 is 6.01 Å². The lowest BCUT2D eigenvalue weighted by Crippen LogP contribution is -2.22. The number of pyridine rings is 1. The average Bonchev–Trinajstić information content (AvgIpc) is 2.95. The zero-order valence-electron chi connectivity index (χ0n) is 12.2. The Hall–Kier alpha value is -1.88. The van der Waals surface area contributed by atoms with E-state index in [2.05, 4.69) is 34.0 Å². The molecule has 0 saturated heterocycles. The summed E-state index contributed by atoms with van der Waals surface area (Å²) < 4.78 is 5.58. The molecule has 20 heavy (non-hydrogen) atoms. The third-order valence-electron chi connectivity index (χ3n) is 3.05. The zero-order valence-corrected chi connectivity index (χ0v) is 12.2. The monoisotopic (exact) mass is 274 g/mol. The molecule has 5 nitrogen and oxygen atoms in total. The lowest BCUT2D eigenvalue weighted by atomic mass is 10.2. The van der Waals surface area contributed by atoms with Gasteiger partial charge in [0, 0.05) is 32.0 Å². The maximum atomic E-state index is 5.58. The molecule has 0 saturated carbocycles. The molecule has 2 heterocycles. The minimum absolute atomic E-state index is 0.678. The van der Waals surface area contributed by atoms with Crippen LogP contribution in [0.5, 0.6) is 0 Å². The highest BCUT2D eigenvalue weighted by atomic mass is 16.4. The van der Waals surface area contributed by atoms with Gasteiger partial charge >= 0.3 is 0 Å². The summed E-state index contributed by atoms with van der Waals surface area (Å²) in [4.78, 5) is 10.7. The molecule has 0 radical (unpaired) electrons. The summed E-state index contributed by atoms with van der Waals surface area (Å²) in [6.07, 6.45) is 6.46. The summed E-state index contributed by atoms with van der Waals surface area (Å²) >= 11 is 0. The molecule has 0 bridgehead atoms. The first-order chi connectivity index (χ1) is 9.83. The van der Waals surface area contributed by atoms with Gasteiger partial charge in [-0.1, -0.05) is 6.92 Å². The number of nitrogens with zero attached hydrogens (tertiary/aromatic N) is 3. The van der Waals surface area contributed by atoms with Crippen molar-refractivity contribution in [1.29, 1.82) is 0 Å². The first kappa shape index (κ1) is 14.5. The quantitative estimate of drug-likeness (QED) is 0.750. The Labute approximate surface area is 120 Å². The molecule has 108 valence electrons. The second-order valence-electron chi connectivity index (χ2n) is 4.67. The molecular weight excluding hydrogens is 252 g/mol. The average molecular weight is 274 g/mol. The third kappa shape index (κ3) is 4.06. The van der Waals surface area contributed by atoms with Gasteiger partial charge in [-0.2, -0.15) is 4.98 Å². The largest absolute Gasteiger partial charge is 0.432 e. The highest BCUT2D eigenvalue weighted by Gasteiger charge is 2.11. The van der Waals surface area contributed by atoms with Crippen molar-refractivity contribution in [3.63, 3.8) is 0 Å². The van der Waals surface area contributed by atoms with E-state index in [1.54, 1.807) is 18.7 Å². The topological polar surface area (TPSA) is 54.2 Å². The van der Waals surface area contributed by atoms with E-state index in [-0.39, 0.29) is 0 Å². The van der Waals surface area contributed by atoms with Crippen LogP contribution in [-0.2, 0) is 13.1 Å². The fraction of sp³-hybridized carbons (Fsp3) is 0.467. The Morgan fingerprint density at radius 3 is 2.75 bits per heavy atom. The van der Waals surface area contributed by atoms with Crippen LogP contribution >= 0.6 is 0 Å². The van der Waals surface area contributed by atoms with Gasteiger partial charge in [0.2, 0.25) is 0 Å². The van der Waals surface area contributed by atoms with Gasteiger partial charge in [-0.3, -0.25) is 4.98 Å². The smallest absolute Gasteiger partial charge is 0.297 e. The van der Waals surface area contributed by atoms with Crippen LogP contribution in [-0.4, -0.2) is 23.1 Å². The zero-order chi connectivity index (χ0) is 14.2. The Kier molecular flexibility index (Phi) is 5.55. The molecule has 0 amide bonds. The molecule has 0 atom stereocenters. The predicted molar refractivity (Wildman–Crippen MR) is 79.5 cm³/mol. The first-order valence-electron chi connectivity index (χ1n) is 7.12. The molecule has 0 unspecified atom stereocenters. The van der Waals surface area contributed by atoms with Crippen LogP contribution in [0.25, 0.3) is 0 Å². The maximum absolute atomic E-state index is 5.58. The Bertz CT molecular complexity index is 498. The van der Waals surface area contributed by atoms with Gasteiger partial charge < -0.3 is 14.6 Å². The molecule has 0 spiro atoms. The number of nitrogens with one attached hydrogen (secondary N) is 1. The standard InChI is InChI=1S/C15H22N4O/c1-3-7-17-10-14-12-20-15(18-14)19(4-2)11-13-5-8-16-9-6-13/h5-6,8-9,12,17H,3-4,7,10-11H2,1-2H3. The minimum Gasteiger partial charge on any atom is -0.432 e. The lowest BCUT2D eigenvalue weighted by molar-refractivity contribution is 0.533. The van der Waals surface area contributed by atoms with Crippen molar-refractivity contribution in [2.45, 2.75) is 33.4 Å². The van der Waals surface area contributed by atoms with Gasteiger partial charge in [-0.25, -0.2) is 0 Å². The summed E-state index contributed by atoms with van der Waals surface area (Å²) in [5.74, 6) is 0. The first-order valence-corrected chi connectivity index (χ1v) is 7.12. The molecule has 1 N–H and O–H groups in total. The van der Waals surface area contributed by atoms with Gasteiger partial charge in [0.15, 0.2) is 0 Å². The molecule has 2 rings (SSSR count). The number of anilines is 1. The Morgan fingerprint density at radius 2 is 2.05 bits per heavy atom. The molecule has 0 aliphatic rings. The second-order valence-corrected chi connectivity index (χ2v) is 4.67. The van der Waals surface area contributed by atoms with Crippen molar-refractivity contribution in [3.8, 4) is 0 Å². The van der Waals surface area contributed by atoms with Gasteiger partial charge in [-0.15, -0.1) is 0 Å². The summed E-state index contributed by atoms with van der Waals surface area (Å²) in [5.41, 5.74) is 2.15. The van der Waals surface area contributed by atoms with E-state index < -0.39 is 0 Å². The molecule has 0 aliphatic carbocycles. The molecule has 0 fully saturated rings. The fourth-order valence-corrected chi connectivity index (χ4v) is 1.94. The van der Waals surface area contributed by atoms with Crippen LogP contribution in [0.1, 0.15) is 31.5 Å². The van der Waals surface area contributed by atoms with E-state index in [0.717, 1.165) is 38.3 Å². The molecule has 0 aromatic carbocycles. The maximum Gasteiger partial charge on any atom is 0.297 e. The summed E-state index contributed by atoms with van der Waals surface area (Å²) in [6.45, 7) is 7.63. The predicted octanol–water partition coefficient (Wildman–Crippen LogP) is 2.60. The number of hydrogen-bond acceptors (Lipinski definition) is 5. The normalized spacial score (nSPS) is 10.7. The number of hydrogen-bond donors (Lipinski definition) is 1. The van der Waals surface area contributed by atoms with E-state index in [9.17, 15) is 0 Å². The number of rotatable bonds is 8. The van der Waals surface area contributed by atoms with E-state index in [1.807, 2.05) is 12.1 Å². The van der Waals surface area contributed by atoms with Crippen LogP contribution in [0.4, 0.5) is 6.01 Å². The second kappa shape index (κ2) is 7.65. The summed E-state index contributed by atoms with van der Waals surface area (Å²) in [7, 11) is 0. The van der Waals surface area contributed by atoms with Crippen molar-refractivity contribution in [3.05, 3.63) is 42.0 Å². The summed E-state index contributed by atoms with van der Waals surface area (Å²) in [5, 5.41) is 3.32. The van der Waals surface area contributed by atoms with Gasteiger partial charge in [0.25, 0.3) is 6.01 Å². The summed E-state index contributed by atoms with van der Waals surface area (Å²) in [6, 6.07) is 4.70. The van der Waals surface area contributed by atoms with Crippen molar-refractivity contribution < 1.29 is 4.42 Å². The van der Waals surface area contributed by atoms with Crippen LogP contribution < -0.4 is 10.2 Å². The number of oxazole rings is 1. The fourth-order valence-electron chi connectivity index (χ4n) is 1.94. The minimum atomic E-state index is 0.678.